The topological polar surface area (TPSA) is 55.1 Å². The molecule has 0 aromatic heterocycles. The smallest absolute Gasteiger partial charge is 0.241 e. The molecule has 0 aliphatic rings. The fourth-order valence-corrected chi connectivity index (χ4v) is 1.57. The van der Waals surface area contributed by atoms with Crippen LogP contribution in [0.15, 0.2) is 18.2 Å². The lowest BCUT2D eigenvalue weighted by atomic mass is 10.2. The van der Waals surface area contributed by atoms with Crippen LogP contribution in [-0.4, -0.2) is 11.9 Å². The number of carbonyl (C=O) groups excluding carboxylic acids is 1. The normalized spacial score (nSPS) is 12.3. The standard InChI is InChI=1S/C10H12Cl2N2O/c1-2-9(13)10(15)14-8-4-6(11)3-7(12)5-8/h3-5,9H,2,13H2,1H3,(H,14,15). The van der Waals surface area contributed by atoms with Crippen LogP contribution in [0.25, 0.3) is 0 Å². The molecule has 3 N–H and O–H groups in total. The minimum atomic E-state index is -0.511. The molecule has 1 aromatic carbocycles. The second-order valence-corrected chi connectivity index (χ2v) is 4.03. The Labute approximate surface area is 98.5 Å². The van der Waals surface area contributed by atoms with E-state index in [9.17, 15) is 4.79 Å². The van der Waals surface area contributed by atoms with E-state index in [1.807, 2.05) is 6.92 Å². The highest BCUT2D eigenvalue weighted by Gasteiger charge is 2.11. The van der Waals surface area contributed by atoms with Crippen LogP contribution in [0.4, 0.5) is 5.69 Å². The van der Waals surface area contributed by atoms with Crippen molar-refractivity contribution in [1.82, 2.24) is 0 Å². The van der Waals surface area contributed by atoms with E-state index in [1.165, 1.54) is 0 Å². The molecule has 1 atom stereocenters. The summed E-state index contributed by atoms with van der Waals surface area (Å²) in [5, 5.41) is 3.59. The molecule has 0 aliphatic heterocycles. The first-order chi connectivity index (χ1) is 7.02. The molecule has 0 spiro atoms. The molecule has 0 saturated carbocycles. The van der Waals surface area contributed by atoms with Gasteiger partial charge in [-0.15, -0.1) is 0 Å². The average Bonchev–Trinajstić information content (AvgIpc) is 2.14. The summed E-state index contributed by atoms with van der Waals surface area (Å²) in [6.45, 7) is 1.84. The number of carbonyl (C=O) groups is 1. The summed E-state index contributed by atoms with van der Waals surface area (Å²) >= 11 is 11.6. The predicted octanol–water partition coefficient (Wildman–Crippen LogP) is 2.67. The number of nitrogens with two attached hydrogens (primary N) is 1. The summed E-state index contributed by atoms with van der Waals surface area (Å²) in [5.41, 5.74) is 6.12. The lowest BCUT2D eigenvalue weighted by Crippen LogP contribution is -2.34. The van der Waals surface area contributed by atoms with Gasteiger partial charge < -0.3 is 11.1 Å². The highest BCUT2D eigenvalue weighted by Crippen LogP contribution is 2.22. The van der Waals surface area contributed by atoms with E-state index in [4.69, 9.17) is 28.9 Å². The molecule has 0 bridgehead atoms. The van der Waals surface area contributed by atoms with E-state index in [2.05, 4.69) is 5.32 Å². The lowest BCUT2D eigenvalue weighted by Gasteiger charge is -2.10. The molecule has 0 saturated heterocycles. The predicted molar refractivity (Wildman–Crippen MR) is 63.4 cm³/mol. The molecule has 82 valence electrons. The summed E-state index contributed by atoms with van der Waals surface area (Å²) in [6.07, 6.45) is 0.583. The Kier molecular flexibility index (Phi) is 4.39. The average molecular weight is 247 g/mol. The van der Waals surface area contributed by atoms with Crippen LogP contribution in [0, 0.1) is 0 Å². The van der Waals surface area contributed by atoms with E-state index >= 15 is 0 Å². The Balaban J connectivity index is 2.76. The molecule has 0 fully saturated rings. The Morgan fingerprint density at radius 2 is 1.93 bits per heavy atom. The van der Waals surface area contributed by atoms with Crippen molar-refractivity contribution in [3.63, 3.8) is 0 Å². The van der Waals surface area contributed by atoms with Gasteiger partial charge in [-0.1, -0.05) is 30.1 Å². The number of anilines is 1. The van der Waals surface area contributed by atoms with Gasteiger partial charge in [0, 0.05) is 15.7 Å². The Morgan fingerprint density at radius 3 is 2.40 bits per heavy atom. The van der Waals surface area contributed by atoms with Crippen LogP contribution in [0.5, 0.6) is 0 Å². The summed E-state index contributed by atoms with van der Waals surface area (Å²) in [6, 6.07) is 4.32. The number of benzene rings is 1. The highest BCUT2D eigenvalue weighted by atomic mass is 35.5. The van der Waals surface area contributed by atoms with Gasteiger partial charge in [0.2, 0.25) is 5.91 Å². The van der Waals surface area contributed by atoms with Gasteiger partial charge in [-0.05, 0) is 24.6 Å². The van der Waals surface area contributed by atoms with Crippen molar-refractivity contribution in [2.45, 2.75) is 19.4 Å². The van der Waals surface area contributed by atoms with Gasteiger partial charge in [-0.25, -0.2) is 0 Å². The second kappa shape index (κ2) is 5.35. The largest absolute Gasteiger partial charge is 0.325 e. The van der Waals surface area contributed by atoms with E-state index in [-0.39, 0.29) is 5.91 Å². The molecular formula is C10H12Cl2N2O. The van der Waals surface area contributed by atoms with Crippen molar-refractivity contribution in [1.29, 1.82) is 0 Å². The van der Waals surface area contributed by atoms with Crippen molar-refractivity contribution in [2.24, 2.45) is 5.73 Å². The van der Waals surface area contributed by atoms with E-state index in [1.54, 1.807) is 18.2 Å². The fourth-order valence-electron chi connectivity index (χ4n) is 1.05. The monoisotopic (exact) mass is 246 g/mol. The first-order valence-corrected chi connectivity index (χ1v) is 5.31. The van der Waals surface area contributed by atoms with Crippen LogP contribution in [0.2, 0.25) is 10.0 Å². The number of hydrogen-bond acceptors (Lipinski definition) is 2. The Hall–Kier alpha value is -0.770. The second-order valence-electron chi connectivity index (χ2n) is 3.16. The first-order valence-electron chi connectivity index (χ1n) is 4.55. The molecular weight excluding hydrogens is 235 g/mol. The maximum absolute atomic E-state index is 11.4. The number of halogens is 2. The molecule has 15 heavy (non-hydrogen) atoms. The van der Waals surface area contributed by atoms with Crippen LogP contribution in [-0.2, 0) is 4.79 Å². The van der Waals surface area contributed by atoms with E-state index in [0.29, 0.717) is 22.2 Å². The van der Waals surface area contributed by atoms with Gasteiger partial charge in [-0.2, -0.15) is 0 Å². The molecule has 3 nitrogen and oxygen atoms in total. The maximum Gasteiger partial charge on any atom is 0.241 e. The van der Waals surface area contributed by atoms with Crippen LogP contribution >= 0.6 is 23.2 Å². The summed E-state index contributed by atoms with van der Waals surface area (Å²) in [5.74, 6) is -0.240. The lowest BCUT2D eigenvalue weighted by molar-refractivity contribution is -0.117. The van der Waals surface area contributed by atoms with Crippen molar-refractivity contribution in [3.8, 4) is 0 Å². The molecule has 1 rings (SSSR count). The van der Waals surface area contributed by atoms with Gasteiger partial charge in [-0.3, -0.25) is 4.79 Å². The zero-order valence-corrected chi connectivity index (χ0v) is 9.77. The first kappa shape index (κ1) is 12.3. The minimum Gasteiger partial charge on any atom is -0.325 e. The van der Waals surface area contributed by atoms with Crippen LogP contribution < -0.4 is 11.1 Å². The third-order valence-corrected chi connectivity index (χ3v) is 2.34. The van der Waals surface area contributed by atoms with E-state index < -0.39 is 6.04 Å². The number of rotatable bonds is 3. The van der Waals surface area contributed by atoms with Crippen molar-refractivity contribution >= 4 is 34.8 Å². The zero-order valence-electron chi connectivity index (χ0n) is 8.26. The van der Waals surface area contributed by atoms with Crippen LogP contribution in [0.3, 0.4) is 0 Å². The molecule has 0 radical (unpaired) electrons. The maximum atomic E-state index is 11.4. The minimum absolute atomic E-state index is 0.240. The van der Waals surface area contributed by atoms with Gasteiger partial charge in [0.05, 0.1) is 6.04 Å². The summed E-state index contributed by atoms with van der Waals surface area (Å²) in [7, 11) is 0. The fraction of sp³-hybridized carbons (Fsp3) is 0.300. The number of nitrogens with one attached hydrogen (secondary N) is 1. The van der Waals surface area contributed by atoms with Crippen molar-refractivity contribution < 1.29 is 4.79 Å². The van der Waals surface area contributed by atoms with Gasteiger partial charge in [0.15, 0.2) is 0 Å². The summed E-state index contributed by atoms with van der Waals surface area (Å²) < 4.78 is 0. The third-order valence-electron chi connectivity index (χ3n) is 1.91. The quantitative estimate of drug-likeness (QED) is 0.862. The Bertz CT molecular complexity index is 348. The molecule has 0 heterocycles. The molecule has 1 unspecified atom stereocenters. The van der Waals surface area contributed by atoms with Crippen molar-refractivity contribution in [3.05, 3.63) is 28.2 Å². The van der Waals surface area contributed by atoms with E-state index in [0.717, 1.165) is 0 Å². The molecule has 1 amide bonds. The van der Waals surface area contributed by atoms with Crippen LogP contribution in [0.1, 0.15) is 13.3 Å². The number of hydrogen-bond donors (Lipinski definition) is 2. The SMILES string of the molecule is CCC(N)C(=O)Nc1cc(Cl)cc(Cl)c1. The zero-order chi connectivity index (χ0) is 11.4. The summed E-state index contributed by atoms with van der Waals surface area (Å²) in [4.78, 5) is 11.4. The highest BCUT2D eigenvalue weighted by molar-refractivity contribution is 6.35. The molecule has 0 aliphatic carbocycles. The number of amides is 1. The molecule has 5 heteroatoms. The van der Waals surface area contributed by atoms with Gasteiger partial charge >= 0.3 is 0 Å². The van der Waals surface area contributed by atoms with Gasteiger partial charge in [0.1, 0.15) is 0 Å². The molecule has 1 aromatic rings. The van der Waals surface area contributed by atoms with Crippen molar-refractivity contribution in [2.75, 3.05) is 5.32 Å². The van der Waals surface area contributed by atoms with Gasteiger partial charge in [0.25, 0.3) is 0 Å². The third kappa shape index (κ3) is 3.70. The Morgan fingerprint density at radius 1 is 1.40 bits per heavy atom.